The minimum absolute atomic E-state index is 0.00171. The summed E-state index contributed by atoms with van der Waals surface area (Å²) in [5, 5.41) is 14.9. The lowest BCUT2D eigenvalue weighted by molar-refractivity contribution is 0.0612. The molecule has 0 bridgehead atoms. The molecule has 2 N–H and O–H groups in total. The Bertz CT molecular complexity index is 1050. The van der Waals surface area contributed by atoms with Crippen LogP contribution < -0.4 is 5.43 Å². The fraction of sp³-hybridized carbons (Fsp3) is 0.364. The number of hydrogen-bond acceptors (Lipinski definition) is 6. The van der Waals surface area contributed by atoms with Crippen molar-refractivity contribution in [1.29, 1.82) is 10.8 Å². The summed E-state index contributed by atoms with van der Waals surface area (Å²) < 4.78 is 7.37. The maximum absolute atomic E-state index is 13.1. The highest BCUT2D eigenvalue weighted by Crippen LogP contribution is 2.26. The molecule has 0 saturated carbocycles. The normalized spacial score (nSPS) is 14.9. The van der Waals surface area contributed by atoms with Crippen molar-refractivity contribution in [1.82, 2.24) is 4.57 Å². The lowest BCUT2D eigenvalue weighted by atomic mass is 9.99. The SMILES string of the molecule is Cc1ccc(-c2cn(CC3CCOCC3)cc(C(=O)CC(=N)/C=C\C(=N)Cl)c2=O)s1. The molecular weight excluding hydrogens is 422 g/mol. The number of allylic oxidation sites excluding steroid dienone is 2. The summed E-state index contributed by atoms with van der Waals surface area (Å²) in [4.78, 5) is 27.9. The van der Waals surface area contributed by atoms with Gasteiger partial charge in [-0.1, -0.05) is 11.6 Å². The molecule has 2 aromatic rings. The van der Waals surface area contributed by atoms with Gasteiger partial charge in [0.1, 0.15) is 5.17 Å². The van der Waals surface area contributed by atoms with Crippen molar-refractivity contribution in [3.05, 3.63) is 57.3 Å². The molecule has 0 atom stereocenters. The van der Waals surface area contributed by atoms with Gasteiger partial charge in [-0.3, -0.25) is 15.0 Å². The molecule has 158 valence electrons. The highest BCUT2D eigenvalue weighted by atomic mass is 35.5. The molecule has 1 fully saturated rings. The molecule has 0 amide bonds. The van der Waals surface area contributed by atoms with E-state index in [-0.39, 0.29) is 28.3 Å². The summed E-state index contributed by atoms with van der Waals surface area (Å²) in [6, 6.07) is 3.86. The second-order valence-electron chi connectivity index (χ2n) is 7.38. The first-order valence-corrected chi connectivity index (χ1v) is 10.9. The van der Waals surface area contributed by atoms with E-state index in [1.807, 2.05) is 29.8 Å². The van der Waals surface area contributed by atoms with Crippen LogP contribution in [-0.2, 0) is 11.3 Å². The van der Waals surface area contributed by atoms with Gasteiger partial charge in [0.15, 0.2) is 5.78 Å². The predicted octanol–water partition coefficient (Wildman–Crippen LogP) is 4.68. The van der Waals surface area contributed by atoms with E-state index in [0.717, 1.165) is 35.8 Å². The zero-order valence-electron chi connectivity index (χ0n) is 16.7. The summed E-state index contributed by atoms with van der Waals surface area (Å²) in [7, 11) is 0. The summed E-state index contributed by atoms with van der Waals surface area (Å²) in [5.41, 5.74) is 0.283. The standard InChI is InChI=1S/C22H24ClN3O3S/c1-14-2-4-20(30-14)18-13-26(11-15-6-8-29-9-7-15)12-17(22(18)28)19(27)10-16(24)3-5-21(23)25/h2-5,12-13,15,24-25H,6-11H2,1H3/b5-3-,24-16?,25-21?. The van der Waals surface area contributed by atoms with E-state index in [4.69, 9.17) is 27.2 Å². The highest BCUT2D eigenvalue weighted by molar-refractivity contribution is 7.15. The molecule has 3 rings (SSSR count). The number of carbonyl (C=O) groups is 1. The molecule has 1 aliphatic rings. The van der Waals surface area contributed by atoms with Gasteiger partial charge in [-0.05, 0) is 50.0 Å². The van der Waals surface area contributed by atoms with Crippen molar-refractivity contribution >= 4 is 39.6 Å². The van der Waals surface area contributed by atoms with Crippen LogP contribution in [0.15, 0.2) is 41.5 Å². The zero-order chi connectivity index (χ0) is 21.7. The molecule has 6 nitrogen and oxygen atoms in total. The predicted molar refractivity (Wildman–Crippen MR) is 122 cm³/mol. The topological polar surface area (TPSA) is 96.0 Å². The number of halogens is 1. The molecule has 3 heterocycles. The maximum atomic E-state index is 13.1. The second kappa shape index (κ2) is 10.1. The first-order chi connectivity index (χ1) is 14.3. The Balaban J connectivity index is 1.94. The molecule has 30 heavy (non-hydrogen) atoms. The van der Waals surface area contributed by atoms with Crippen molar-refractivity contribution in [3.8, 4) is 10.4 Å². The Hall–Kier alpha value is -2.35. The third kappa shape index (κ3) is 5.84. The van der Waals surface area contributed by atoms with Gasteiger partial charge in [-0.15, -0.1) is 11.3 Å². The number of hydrogen-bond donors (Lipinski definition) is 2. The average molecular weight is 446 g/mol. The molecule has 8 heteroatoms. The third-order valence-electron chi connectivity index (χ3n) is 4.98. The molecule has 0 radical (unpaired) electrons. The van der Waals surface area contributed by atoms with Gasteiger partial charge in [0.25, 0.3) is 0 Å². The molecule has 1 saturated heterocycles. The summed E-state index contributed by atoms with van der Waals surface area (Å²) >= 11 is 6.98. The second-order valence-corrected chi connectivity index (χ2v) is 9.08. The first-order valence-electron chi connectivity index (χ1n) is 9.75. The number of aromatic nitrogens is 1. The van der Waals surface area contributed by atoms with E-state index in [1.54, 1.807) is 6.20 Å². The number of pyridine rings is 1. The number of rotatable bonds is 8. The fourth-order valence-corrected chi connectivity index (χ4v) is 4.36. The number of thiophene rings is 1. The van der Waals surface area contributed by atoms with Crippen molar-refractivity contribution in [3.63, 3.8) is 0 Å². The minimum Gasteiger partial charge on any atom is -0.381 e. The first kappa shape index (κ1) is 22.3. The Morgan fingerprint density at radius 3 is 2.63 bits per heavy atom. The molecule has 2 aromatic heterocycles. The van der Waals surface area contributed by atoms with Crippen LogP contribution in [0.1, 0.15) is 34.5 Å². The van der Waals surface area contributed by atoms with Crippen LogP contribution in [0.2, 0.25) is 0 Å². The van der Waals surface area contributed by atoms with Crippen molar-refractivity contribution in [2.75, 3.05) is 13.2 Å². The molecular formula is C22H24ClN3O3S. The molecule has 0 aromatic carbocycles. The van der Waals surface area contributed by atoms with Gasteiger partial charge in [0.05, 0.1) is 17.5 Å². The number of ether oxygens (including phenoxy) is 1. The Morgan fingerprint density at radius 2 is 2.00 bits per heavy atom. The Morgan fingerprint density at radius 1 is 1.27 bits per heavy atom. The Kier molecular flexibility index (Phi) is 7.53. The molecule has 0 spiro atoms. The molecule has 0 aliphatic carbocycles. The van der Waals surface area contributed by atoms with Crippen molar-refractivity contribution < 1.29 is 9.53 Å². The quantitative estimate of drug-likeness (QED) is 0.456. The summed E-state index contributed by atoms with van der Waals surface area (Å²) in [6.45, 7) is 4.15. The van der Waals surface area contributed by atoms with E-state index in [1.165, 1.54) is 23.5 Å². The van der Waals surface area contributed by atoms with Crippen LogP contribution in [-0.4, -0.2) is 34.4 Å². The summed E-state index contributed by atoms with van der Waals surface area (Å²) in [5.74, 6) is 0.0182. The van der Waals surface area contributed by atoms with Gasteiger partial charge >= 0.3 is 0 Å². The summed E-state index contributed by atoms with van der Waals surface area (Å²) in [6.07, 6.45) is 7.67. The lowest BCUT2D eigenvalue weighted by Crippen LogP contribution is -2.24. The fourth-order valence-electron chi connectivity index (χ4n) is 3.42. The van der Waals surface area contributed by atoms with Gasteiger partial charge in [-0.25, -0.2) is 0 Å². The number of aryl methyl sites for hydroxylation is 1. The largest absolute Gasteiger partial charge is 0.381 e. The zero-order valence-corrected chi connectivity index (χ0v) is 18.3. The maximum Gasteiger partial charge on any atom is 0.200 e. The monoisotopic (exact) mass is 445 g/mol. The van der Waals surface area contributed by atoms with E-state index in [9.17, 15) is 9.59 Å². The van der Waals surface area contributed by atoms with Gasteiger partial charge < -0.3 is 14.7 Å². The Labute approximate surface area is 184 Å². The molecule has 1 aliphatic heterocycles. The number of Topliss-reactive ketones (excluding diaryl/α,β-unsaturated/α-hetero) is 1. The van der Waals surface area contributed by atoms with Crippen LogP contribution in [0.3, 0.4) is 0 Å². The van der Waals surface area contributed by atoms with E-state index >= 15 is 0 Å². The lowest BCUT2D eigenvalue weighted by Gasteiger charge is -2.23. The van der Waals surface area contributed by atoms with Gasteiger partial charge in [0.2, 0.25) is 5.43 Å². The van der Waals surface area contributed by atoms with E-state index < -0.39 is 5.78 Å². The number of nitrogens with one attached hydrogen (secondary N) is 2. The smallest absolute Gasteiger partial charge is 0.200 e. The van der Waals surface area contributed by atoms with E-state index in [2.05, 4.69) is 0 Å². The van der Waals surface area contributed by atoms with Gasteiger partial charge in [0, 0.05) is 47.6 Å². The van der Waals surface area contributed by atoms with Crippen LogP contribution in [0.25, 0.3) is 10.4 Å². The minimum atomic E-state index is -0.411. The highest BCUT2D eigenvalue weighted by Gasteiger charge is 2.20. The van der Waals surface area contributed by atoms with Crippen molar-refractivity contribution in [2.45, 2.75) is 32.7 Å². The van der Waals surface area contributed by atoms with Crippen LogP contribution >= 0.6 is 22.9 Å². The third-order valence-corrected chi connectivity index (χ3v) is 6.14. The van der Waals surface area contributed by atoms with Gasteiger partial charge in [-0.2, -0.15) is 0 Å². The molecule has 0 unspecified atom stereocenters. The number of carbonyl (C=O) groups excluding carboxylic acids is 1. The van der Waals surface area contributed by atoms with Crippen LogP contribution in [0.4, 0.5) is 0 Å². The number of ketones is 1. The van der Waals surface area contributed by atoms with Crippen LogP contribution in [0, 0.1) is 23.7 Å². The van der Waals surface area contributed by atoms with E-state index in [0.29, 0.717) is 18.0 Å². The van der Waals surface area contributed by atoms with Crippen LogP contribution in [0.5, 0.6) is 0 Å². The van der Waals surface area contributed by atoms with Crippen molar-refractivity contribution in [2.24, 2.45) is 5.92 Å². The average Bonchev–Trinajstić information content (AvgIpc) is 3.14. The number of nitrogens with zero attached hydrogens (tertiary/aromatic N) is 1.